The van der Waals surface area contributed by atoms with Gasteiger partial charge in [-0.15, -0.1) is 0 Å². The van der Waals surface area contributed by atoms with Crippen LogP contribution in [0.15, 0.2) is 64.7 Å². The molecule has 4 rings (SSSR count). The van der Waals surface area contributed by atoms with Crippen LogP contribution in [-0.2, 0) is 6.42 Å². The first-order valence-electron chi connectivity index (χ1n) is 8.18. The minimum absolute atomic E-state index is 0.261. The summed E-state index contributed by atoms with van der Waals surface area (Å²) in [7, 11) is 0. The average Bonchev–Trinajstić information content (AvgIpc) is 3.06. The zero-order valence-corrected chi connectivity index (χ0v) is 18.0. The molecule has 3 heterocycles. The van der Waals surface area contributed by atoms with Gasteiger partial charge in [0, 0.05) is 23.2 Å². The molecule has 0 unspecified atom stereocenters. The lowest BCUT2D eigenvalue weighted by molar-refractivity contribution is 0.637. The molecule has 4 aromatic rings. The average molecular weight is 467 g/mol. The van der Waals surface area contributed by atoms with Crippen molar-refractivity contribution >= 4 is 50.0 Å². The fraction of sp³-hybridized carbons (Fsp3) is 0.150. The van der Waals surface area contributed by atoms with Gasteiger partial charge in [0.25, 0.3) is 0 Å². The molecule has 0 bridgehead atoms. The van der Waals surface area contributed by atoms with Gasteiger partial charge in [-0.2, -0.15) is 4.37 Å². The lowest BCUT2D eigenvalue weighted by atomic mass is 10.2. The zero-order chi connectivity index (χ0) is 19.6. The summed E-state index contributed by atoms with van der Waals surface area (Å²) in [4.78, 5) is 7.97. The number of fused-ring (bicyclic) bond motifs is 1. The van der Waals surface area contributed by atoms with Crippen molar-refractivity contribution in [1.29, 1.82) is 0 Å². The highest BCUT2D eigenvalue weighted by atomic mass is 79.9. The van der Waals surface area contributed by atoms with E-state index < -0.39 is 0 Å². The van der Waals surface area contributed by atoms with Crippen molar-refractivity contribution in [2.24, 2.45) is 0 Å². The minimum atomic E-state index is -0.261. The molecule has 0 saturated carbocycles. The van der Waals surface area contributed by atoms with E-state index >= 15 is 0 Å². The lowest BCUT2D eigenvalue weighted by Gasteiger charge is -1.95. The van der Waals surface area contributed by atoms with E-state index in [1.165, 1.54) is 17.6 Å². The van der Waals surface area contributed by atoms with E-state index in [-0.39, 0.29) is 5.82 Å². The smallest absolute Gasteiger partial charge is 0.149 e. The van der Waals surface area contributed by atoms with Crippen LogP contribution in [-0.4, -0.2) is 14.3 Å². The van der Waals surface area contributed by atoms with E-state index in [0.717, 1.165) is 32.7 Å². The van der Waals surface area contributed by atoms with E-state index in [2.05, 4.69) is 30.3 Å². The monoisotopic (exact) mass is 465 g/mol. The minimum Gasteiger partial charge on any atom is -0.260 e. The summed E-state index contributed by atoms with van der Waals surface area (Å²) in [5, 5.41) is 3.57. The second-order valence-corrected chi connectivity index (χ2v) is 7.24. The molecule has 0 N–H and O–H groups in total. The van der Waals surface area contributed by atoms with Gasteiger partial charge >= 0.3 is 0 Å². The number of aromatic nitrogens is 3. The van der Waals surface area contributed by atoms with Crippen LogP contribution in [0.5, 0.6) is 0 Å². The molecule has 0 spiro atoms. The summed E-state index contributed by atoms with van der Waals surface area (Å²) in [5.74, 6) is -0.261. The molecule has 140 valence electrons. The van der Waals surface area contributed by atoms with Crippen LogP contribution in [0, 0.1) is 12.7 Å². The van der Waals surface area contributed by atoms with Crippen molar-refractivity contribution in [2.45, 2.75) is 20.3 Å². The molecule has 3 aromatic heterocycles. The first-order valence-corrected chi connectivity index (χ1v) is 10.2. The summed E-state index contributed by atoms with van der Waals surface area (Å²) in [6, 6.07) is 12.3. The molecule has 0 atom stereocenters. The Hall–Kier alpha value is -1.89. The third-order valence-corrected chi connectivity index (χ3v) is 5.61. The topological polar surface area (TPSA) is 38.7 Å². The van der Waals surface area contributed by atoms with E-state index in [9.17, 15) is 4.39 Å². The molecule has 0 amide bonds. The van der Waals surface area contributed by atoms with Crippen molar-refractivity contribution in [3.05, 3.63) is 86.9 Å². The summed E-state index contributed by atoms with van der Waals surface area (Å²) in [5.41, 5.74) is 2.49. The van der Waals surface area contributed by atoms with Gasteiger partial charge in [0.1, 0.15) is 11.3 Å². The Balaban J connectivity index is 0.000000149. The van der Waals surface area contributed by atoms with E-state index in [4.69, 9.17) is 11.6 Å². The van der Waals surface area contributed by atoms with Gasteiger partial charge in [0.05, 0.1) is 20.9 Å². The maximum absolute atomic E-state index is 12.9. The molecule has 0 fully saturated rings. The van der Waals surface area contributed by atoms with E-state index in [1.54, 1.807) is 24.5 Å². The van der Waals surface area contributed by atoms with Crippen LogP contribution < -0.4 is 0 Å². The Labute approximate surface area is 175 Å². The lowest BCUT2D eigenvalue weighted by Crippen LogP contribution is -1.84. The van der Waals surface area contributed by atoms with Gasteiger partial charge in [0.15, 0.2) is 0 Å². The van der Waals surface area contributed by atoms with Crippen molar-refractivity contribution in [1.82, 2.24) is 14.3 Å². The normalized spacial score (nSPS) is 9.81. The maximum Gasteiger partial charge on any atom is 0.149 e. The van der Waals surface area contributed by atoms with Gasteiger partial charge in [-0.05, 0) is 65.1 Å². The third-order valence-electron chi connectivity index (χ3n) is 3.44. The fourth-order valence-electron chi connectivity index (χ4n) is 2.03. The molecule has 1 aromatic carbocycles. The summed E-state index contributed by atoms with van der Waals surface area (Å²) >= 11 is 10.5. The van der Waals surface area contributed by atoms with Gasteiger partial charge in [-0.25, -0.2) is 4.39 Å². The molecule has 0 aliphatic carbocycles. The molecule has 3 nitrogen and oxygen atoms in total. The molecule has 27 heavy (non-hydrogen) atoms. The van der Waals surface area contributed by atoms with Crippen molar-refractivity contribution in [3.8, 4) is 0 Å². The van der Waals surface area contributed by atoms with Crippen molar-refractivity contribution in [3.63, 3.8) is 0 Å². The zero-order valence-electron chi connectivity index (χ0n) is 14.9. The Morgan fingerprint density at radius 2 is 1.78 bits per heavy atom. The van der Waals surface area contributed by atoms with Crippen LogP contribution >= 0.6 is 39.1 Å². The fourth-order valence-corrected chi connectivity index (χ4v) is 3.31. The van der Waals surface area contributed by atoms with E-state index in [0.29, 0.717) is 5.52 Å². The molecule has 0 saturated heterocycles. The highest BCUT2D eigenvalue weighted by Crippen LogP contribution is 2.15. The number of pyridine rings is 2. The molecule has 7 heteroatoms. The van der Waals surface area contributed by atoms with Gasteiger partial charge in [0.2, 0.25) is 0 Å². The standard InChI is InChI=1S/C9H6FN.C7H8ClN.C4H4BrNS/c10-8-5-1-3-7-4-2-6-11-9(7)8;1-2-7-6(8)4-3-5-9-7;1-3-4(5)2-7-6-3/h1-6H;3-5H,2H2,1H3;2H,1H3. The van der Waals surface area contributed by atoms with Crippen LogP contribution in [0.2, 0.25) is 5.02 Å². The van der Waals surface area contributed by atoms with Crippen molar-refractivity contribution < 1.29 is 4.39 Å². The number of aryl methyl sites for hydroxylation is 2. The number of hydrogen-bond acceptors (Lipinski definition) is 4. The molecular formula is C20H18BrClFN3S. The SMILES string of the molecule is CCc1ncccc1Cl.Cc1nscc1Br.Fc1cccc2cccnc12. The molecular weight excluding hydrogens is 449 g/mol. The number of para-hydroxylation sites is 1. The summed E-state index contributed by atoms with van der Waals surface area (Å²) in [6.07, 6.45) is 4.25. The maximum atomic E-state index is 12.9. The van der Waals surface area contributed by atoms with Crippen LogP contribution in [0.3, 0.4) is 0 Å². The molecule has 0 aliphatic rings. The third kappa shape index (κ3) is 6.65. The van der Waals surface area contributed by atoms with Crippen LogP contribution in [0.4, 0.5) is 4.39 Å². The molecule has 0 radical (unpaired) electrons. The predicted octanol–water partition coefficient (Wildman–Crippen LogP) is 6.89. The highest BCUT2D eigenvalue weighted by Gasteiger charge is 1.97. The quantitative estimate of drug-likeness (QED) is 0.307. The second-order valence-electron chi connectivity index (χ2n) is 5.35. The Morgan fingerprint density at radius 3 is 2.30 bits per heavy atom. The predicted molar refractivity (Wildman–Crippen MR) is 115 cm³/mol. The first-order chi connectivity index (χ1) is 13.0. The first kappa shape index (κ1) is 21.4. The molecule has 0 aliphatic heterocycles. The van der Waals surface area contributed by atoms with E-state index in [1.807, 2.05) is 43.5 Å². The number of rotatable bonds is 1. The Kier molecular flexibility index (Phi) is 8.78. The van der Waals surface area contributed by atoms with Gasteiger partial charge < -0.3 is 0 Å². The number of halogens is 3. The van der Waals surface area contributed by atoms with Gasteiger partial charge in [-0.3, -0.25) is 9.97 Å². The number of hydrogen-bond donors (Lipinski definition) is 0. The summed E-state index contributed by atoms with van der Waals surface area (Å²) in [6.45, 7) is 4.01. The highest BCUT2D eigenvalue weighted by molar-refractivity contribution is 9.10. The second kappa shape index (κ2) is 11.1. The van der Waals surface area contributed by atoms with Crippen LogP contribution in [0.1, 0.15) is 18.3 Å². The largest absolute Gasteiger partial charge is 0.260 e. The van der Waals surface area contributed by atoms with Gasteiger partial charge in [-0.1, -0.05) is 36.7 Å². The number of benzene rings is 1. The number of nitrogens with zero attached hydrogens (tertiary/aromatic N) is 3. The Bertz CT molecular complexity index is 972. The van der Waals surface area contributed by atoms with Crippen LogP contribution in [0.25, 0.3) is 10.9 Å². The Morgan fingerprint density at radius 1 is 1.07 bits per heavy atom. The summed E-state index contributed by atoms with van der Waals surface area (Å²) < 4.78 is 18.0. The van der Waals surface area contributed by atoms with Crippen molar-refractivity contribution in [2.75, 3.05) is 0 Å².